The van der Waals surface area contributed by atoms with E-state index in [0.717, 1.165) is 42.4 Å². The van der Waals surface area contributed by atoms with Gasteiger partial charge in [0.15, 0.2) is 5.78 Å². The van der Waals surface area contributed by atoms with E-state index in [-0.39, 0.29) is 5.78 Å². The van der Waals surface area contributed by atoms with Gasteiger partial charge in [-0.15, -0.1) is 0 Å². The lowest BCUT2D eigenvalue weighted by Gasteiger charge is -2.36. The molecule has 1 fully saturated rings. The van der Waals surface area contributed by atoms with Crippen molar-refractivity contribution in [2.24, 2.45) is 0 Å². The molecule has 104 valence electrons. The van der Waals surface area contributed by atoms with Gasteiger partial charge in [-0.05, 0) is 45.2 Å². The minimum atomic E-state index is -0.564. The highest BCUT2D eigenvalue weighted by atomic mass is 16.5. The highest BCUT2D eigenvalue weighted by molar-refractivity contribution is 6.03. The molecule has 0 atom stereocenters. The van der Waals surface area contributed by atoms with Gasteiger partial charge < -0.3 is 4.74 Å². The fourth-order valence-corrected chi connectivity index (χ4v) is 3.06. The fraction of sp³-hybridized carbons (Fsp3) is 0.588. The average Bonchev–Trinajstić information content (AvgIpc) is 2.42. The van der Waals surface area contributed by atoms with Crippen LogP contribution in [0.15, 0.2) is 18.2 Å². The summed E-state index contributed by atoms with van der Waals surface area (Å²) in [6, 6.07) is 6.10. The first-order valence-corrected chi connectivity index (χ1v) is 7.35. The molecule has 0 aromatic heterocycles. The normalized spacial score (nSPS) is 18.3. The van der Waals surface area contributed by atoms with Crippen LogP contribution in [0.1, 0.15) is 60.5 Å². The predicted octanol–water partition coefficient (Wildman–Crippen LogP) is 4.23. The lowest BCUT2D eigenvalue weighted by Crippen LogP contribution is -2.43. The van der Waals surface area contributed by atoms with E-state index in [1.807, 2.05) is 32.9 Å². The molecule has 1 saturated carbocycles. The Morgan fingerprint density at radius 2 is 1.89 bits per heavy atom. The van der Waals surface area contributed by atoms with Crippen LogP contribution in [0.5, 0.6) is 0 Å². The number of carbonyl (C=O) groups excluding carboxylic acids is 1. The van der Waals surface area contributed by atoms with Gasteiger partial charge in [-0.2, -0.15) is 0 Å². The smallest absolute Gasteiger partial charge is 0.194 e. The Morgan fingerprint density at radius 3 is 2.53 bits per heavy atom. The molecule has 1 aromatic rings. The van der Waals surface area contributed by atoms with Gasteiger partial charge in [0.1, 0.15) is 5.60 Å². The summed E-state index contributed by atoms with van der Waals surface area (Å²) >= 11 is 0. The van der Waals surface area contributed by atoms with Gasteiger partial charge in [-0.3, -0.25) is 4.79 Å². The molecule has 0 radical (unpaired) electrons. The molecule has 0 unspecified atom stereocenters. The fourth-order valence-electron chi connectivity index (χ4n) is 3.06. The van der Waals surface area contributed by atoms with Gasteiger partial charge in [0.2, 0.25) is 0 Å². The summed E-state index contributed by atoms with van der Waals surface area (Å²) in [5.41, 5.74) is 2.47. The zero-order valence-electron chi connectivity index (χ0n) is 12.3. The standard InChI is InChI=1S/C17H24O2/c1-4-19-17(10-6-5-7-11-17)16(18)15-12-13(2)8-9-14(15)3/h8-9,12H,4-7,10-11H2,1-3H3. The van der Waals surface area contributed by atoms with Crippen LogP contribution in [0, 0.1) is 13.8 Å². The molecule has 2 nitrogen and oxygen atoms in total. The van der Waals surface area contributed by atoms with E-state index < -0.39 is 5.60 Å². The summed E-state index contributed by atoms with van der Waals surface area (Å²) in [6.07, 6.45) is 5.14. The van der Waals surface area contributed by atoms with Gasteiger partial charge in [0.25, 0.3) is 0 Å². The van der Waals surface area contributed by atoms with Crippen molar-refractivity contribution in [3.05, 3.63) is 34.9 Å². The predicted molar refractivity (Wildman–Crippen MR) is 77.7 cm³/mol. The summed E-state index contributed by atoms with van der Waals surface area (Å²) < 4.78 is 5.93. The van der Waals surface area contributed by atoms with Gasteiger partial charge >= 0.3 is 0 Å². The zero-order valence-corrected chi connectivity index (χ0v) is 12.3. The first-order valence-electron chi connectivity index (χ1n) is 7.35. The van der Waals surface area contributed by atoms with Crippen molar-refractivity contribution in [1.29, 1.82) is 0 Å². The Kier molecular flexibility index (Phi) is 4.41. The van der Waals surface area contributed by atoms with Crippen molar-refractivity contribution in [3.8, 4) is 0 Å². The molecule has 0 spiro atoms. The number of ketones is 1. The Morgan fingerprint density at radius 1 is 1.21 bits per heavy atom. The maximum absolute atomic E-state index is 13.0. The second-order valence-corrected chi connectivity index (χ2v) is 5.64. The minimum Gasteiger partial charge on any atom is -0.367 e. The van der Waals surface area contributed by atoms with Crippen LogP contribution < -0.4 is 0 Å². The molecule has 1 aliphatic rings. The molecule has 2 heteroatoms. The second kappa shape index (κ2) is 5.87. The molecular formula is C17H24O2. The van der Waals surface area contributed by atoms with Crippen LogP contribution in [0.2, 0.25) is 0 Å². The highest BCUT2D eigenvalue weighted by Crippen LogP contribution is 2.35. The maximum Gasteiger partial charge on any atom is 0.194 e. The van der Waals surface area contributed by atoms with Gasteiger partial charge in [-0.1, -0.05) is 37.0 Å². The van der Waals surface area contributed by atoms with E-state index in [2.05, 4.69) is 6.07 Å². The summed E-state index contributed by atoms with van der Waals surface area (Å²) in [6.45, 7) is 6.63. The third-order valence-electron chi connectivity index (χ3n) is 4.13. The molecule has 0 aliphatic heterocycles. The maximum atomic E-state index is 13.0. The van der Waals surface area contributed by atoms with Gasteiger partial charge in [0, 0.05) is 12.2 Å². The molecule has 1 aromatic carbocycles. The van der Waals surface area contributed by atoms with E-state index in [9.17, 15) is 4.79 Å². The number of benzene rings is 1. The third-order valence-corrected chi connectivity index (χ3v) is 4.13. The number of ether oxygens (including phenoxy) is 1. The quantitative estimate of drug-likeness (QED) is 0.757. The summed E-state index contributed by atoms with van der Waals surface area (Å²) in [7, 11) is 0. The minimum absolute atomic E-state index is 0.190. The number of Topliss-reactive ketones (excluding diaryl/α,β-unsaturated/α-hetero) is 1. The van der Waals surface area contributed by atoms with E-state index in [0.29, 0.717) is 6.61 Å². The van der Waals surface area contributed by atoms with Crippen LogP contribution in [-0.4, -0.2) is 18.0 Å². The van der Waals surface area contributed by atoms with Gasteiger partial charge in [0.05, 0.1) is 0 Å². The first kappa shape index (κ1) is 14.3. The molecule has 0 bridgehead atoms. The monoisotopic (exact) mass is 260 g/mol. The van der Waals surface area contributed by atoms with Crippen molar-refractivity contribution in [1.82, 2.24) is 0 Å². The van der Waals surface area contributed by atoms with E-state index >= 15 is 0 Å². The molecule has 0 heterocycles. The van der Waals surface area contributed by atoms with Crippen LogP contribution >= 0.6 is 0 Å². The van der Waals surface area contributed by atoms with Crippen LogP contribution in [0.4, 0.5) is 0 Å². The second-order valence-electron chi connectivity index (χ2n) is 5.64. The molecular weight excluding hydrogens is 236 g/mol. The zero-order chi connectivity index (χ0) is 13.9. The van der Waals surface area contributed by atoms with E-state index in [4.69, 9.17) is 4.74 Å². The highest BCUT2D eigenvalue weighted by Gasteiger charge is 2.41. The lowest BCUT2D eigenvalue weighted by atomic mass is 9.78. The average molecular weight is 260 g/mol. The first-order chi connectivity index (χ1) is 9.09. The number of aryl methyl sites for hydroxylation is 2. The largest absolute Gasteiger partial charge is 0.367 e. The summed E-state index contributed by atoms with van der Waals surface area (Å²) in [5, 5.41) is 0. The molecule has 1 aliphatic carbocycles. The molecule has 0 amide bonds. The van der Waals surface area contributed by atoms with Crippen molar-refractivity contribution in [2.45, 2.75) is 58.5 Å². The third kappa shape index (κ3) is 2.89. The van der Waals surface area contributed by atoms with E-state index in [1.165, 1.54) is 6.42 Å². The van der Waals surface area contributed by atoms with Crippen molar-refractivity contribution in [2.75, 3.05) is 6.61 Å². The Bertz CT molecular complexity index is 451. The van der Waals surface area contributed by atoms with Gasteiger partial charge in [-0.25, -0.2) is 0 Å². The number of carbonyl (C=O) groups is 1. The Labute approximate surface area is 116 Å². The topological polar surface area (TPSA) is 26.3 Å². The Balaban J connectivity index is 2.36. The molecule has 0 N–H and O–H groups in total. The van der Waals surface area contributed by atoms with Crippen molar-refractivity contribution >= 4 is 5.78 Å². The summed E-state index contributed by atoms with van der Waals surface area (Å²) in [4.78, 5) is 13.0. The van der Waals surface area contributed by atoms with Crippen LogP contribution in [0.3, 0.4) is 0 Å². The summed E-state index contributed by atoms with van der Waals surface area (Å²) in [5.74, 6) is 0.190. The number of hydrogen-bond acceptors (Lipinski definition) is 2. The number of rotatable bonds is 4. The van der Waals surface area contributed by atoms with Crippen LogP contribution in [-0.2, 0) is 4.74 Å². The van der Waals surface area contributed by atoms with Crippen molar-refractivity contribution in [3.63, 3.8) is 0 Å². The van der Waals surface area contributed by atoms with Crippen molar-refractivity contribution < 1.29 is 9.53 Å². The number of hydrogen-bond donors (Lipinski definition) is 0. The molecule has 19 heavy (non-hydrogen) atoms. The molecule has 2 rings (SSSR count). The Hall–Kier alpha value is -1.15. The molecule has 0 saturated heterocycles. The lowest BCUT2D eigenvalue weighted by molar-refractivity contribution is -0.0411. The SMILES string of the molecule is CCOC1(C(=O)c2cc(C)ccc2C)CCCCC1. The van der Waals surface area contributed by atoms with Crippen LogP contribution in [0.25, 0.3) is 0 Å². The van der Waals surface area contributed by atoms with E-state index in [1.54, 1.807) is 0 Å².